The summed E-state index contributed by atoms with van der Waals surface area (Å²) in [5.74, 6) is 0.932. The van der Waals surface area contributed by atoms with E-state index >= 15 is 0 Å². The standard InChI is InChI=1S/C9H20N2OS/c1-4-7(6-13-3)11-9(12)8(10)5-2/h7-8H,4-6,10H2,1-3H3,(H,11,12). The van der Waals surface area contributed by atoms with Crippen LogP contribution in [-0.2, 0) is 4.79 Å². The van der Waals surface area contributed by atoms with Crippen molar-refractivity contribution < 1.29 is 4.79 Å². The Balaban J connectivity index is 3.85. The first-order valence-electron chi connectivity index (χ1n) is 4.70. The lowest BCUT2D eigenvalue weighted by molar-refractivity contribution is -0.123. The summed E-state index contributed by atoms with van der Waals surface area (Å²) >= 11 is 1.74. The maximum absolute atomic E-state index is 11.4. The molecule has 0 aromatic heterocycles. The summed E-state index contributed by atoms with van der Waals surface area (Å²) in [7, 11) is 0. The van der Waals surface area contributed by atoms with Crippen LogP contribution in [0.2, 0.25) is 0 Å². The molecule has 0 saturated carbocycles. The first-order valence-corrected chi connectivity index (χ1v) is 6.09. The Morgan fingerprint density at radius 1 is 1.46 bits per heavy atom. The van der Waals surface area contributed by atoms with E-state index < -0.39 is 0 Å². The van der Waals surface area contributed by atoms with Crippen molar-refractivity contribution in [2.45, 2.75) is 38.8 Å². The first kappa shape index (κ1) is 12.8. The molecule has 0 heterocycles. The first-order chi connectivity index (χ1) is 6.15. The largest absolute Gasteiger partial charge is 0.351 e. The third kappa shape index (κ3) is 5.16. The van der Waals surface area contributed by atoms with Gasteiger partial charge < -0.3 is 11.1 Å². The molecule has 0 bridgehead atoms. The van der Waals surface area contributed by atoms with Gasteiger partial charge in [0.2, 0.25) is 5.91 Å². The molecule has 0 spiro atoms. The molecular formula is C9H20N2OS. The molecule has 3 nitrogen and oxygen atoms in total. The van der Waals surface area contributed by atoms with Crippen molar-refractivity contribution in [1.82, 2.24) is 5.32 Å². The van der Waals surface area contributed by atoms with Crippen molar-refractivity contribution in [3.05, 3.63) is 0 Å². The van der Waals surface area contributed by atoms with Crippen LogP contribution in [0.3, 0.4) is 0 Å². The quantitative estimate of drug-likeness (QED) is 0.678. The number of thioether (sulfide) groups is 1. The fraction of sp³-hybridized carbons (Fsp3) is 0.889. The van der Waals surface area contributed by atoms with Crippen molar-refractivity contribution in [3.8, 4) is 0 Å². The number of hydrogen-bond acceptors (Lipinski definition) is 3. The zero-order valence-corrected chi connectivity index (χ0v) is 9.49. The predicted octanol–water partition coefficient (Wildman–Crippen LogP) is 0.981. The Labute approximate surface area is 84.8 Å². The summed E-state index contributed by atoms with van der Waals surface area (Å²) in [5, 5.41) is 2.93. The van der Waals surface area contributed by atoms with E-state index in [1.807, 2.05) is 13.2 Å². The van der Waals surface area contributed by atoms with Gasteiger partial charge in [-0.2, -0.15) is 11.8 Å². The van der Waals surface area contributed by atoms with Gasteiger partial charge in [0.25, 0.3) is 0 Å². The molecule has 2 atom stereocenters. The number of amides is 1. The lowest BCUT2D eigenvalue weighted by Gasteiger charge is -2.18. The van der Waals surface area contributed by atoms with Crippen LogP contribution in [0.5, 0.6) is 0 Å². The number of nitrogens with two attached hydrogens (primary N) is 1. The highest BCUT2D eigenvalue weighted by Crippen LogP contribution is 2.01. The van der Waals surface area contributed by atoms with Crippen molar-refractivity contribution in [3.63, 3.8) is 0 Å². The lowest BCUT2D eigenvalue weighted by atomic mass is 10.2. The van der Waals surface area contributed by atoms with Crippen molar-refractivity contribution >= 4 is 17.7 Å². The average molecular weight is 204 g/mol. The van der Waals surface area contributed by atoms with Gasteiger partial charge in [0.05, 0.1) is 6.04 Å². The zero-order valence-electron chi connectivity index (χ0n) is 8.67. The van der Waals surface area contributed by atoms with E-state index in [4.69, 9.17) is 5.73 Å². The van der Waals surface area contributed by atoms with E-state index in [0.29, 0.717) is 6.42 Å². The number of hydrogen-bond donors (Lipinski definition) is 2. The second-order valence-electron chi connectivity index (χ2n) is 3.08. The van der Waals surface area contributed by atoms with Crippen LogP contribution in [0.1, 0.15) is 26.7 Å². The Morgan fingerprint density at radius 2 is 2.08 bits per heavy atom. The summed E-state index contributed by atoms with van der Waals surface area (Å²) in [4.78, 5) is 11.4. The lowest BCUT2D eigenvalue weighted by Crippen LogP contribution is -2.45. The second-order valence-corrected chi connectivity index (χ2v) is 3.99. The maximum Gasteiger partial charge on any atom is 0.237 e. The van der Waals surface area contributed by atoms with Gasteiger partial charge in [-0.3, -0.25) is 4.79 Å². The molecule has 0 aliphatic heterocycles. The molecular weight excluding hydrogens is 184 g/mol. The highest BCUT2D eigenvalue weighted by atomic mass is 32.2. The van der Waals surface area contributed by atoms with Crippen LogP contribution >= 0.6 is 11.8 Å². The molecule has 13 heavy (non-hydrogen) atoms. The van der Waals surface area contributed by atoms with E-state index in [-0.39, 0.29) is 18.0 Å². The van der Waals surface area contributed by atoms with Crippen LogP contribution < -0.4 is 11.1 Å². The minimum absolute atomic E-state index is 0.0246. The molecule has 4 heteroatoms. The maximum atomic E-state index is 11.4. The zero-order chi connectivity index (χ0) is 10.3. The van der Waals surface area contributed by atoms with E-state index in [1.54, 1.807) is 11.8 Å². The van der Waals surface area contributed by atoms with Crippen molar-refractivity contribution in [2.24, 2.45) is 5.73 Å². The van der Waals surface area contributed by atoms with E-state index in [2.05, 4.69) is 12.2 Å². The molecule has 3 N–H and O–H groups in total. The fourth-order valence-electron chi connectivity index (χ4n) is 0.956. The molecule has 0 saturated heterocycles. The molecule has 0 rings (SSSR count). The van der Waals surface area contributed by atoms with Gasteiger partial charge in [0.1, 0.15) is 0 Å². The summed E-state index contributed by atoms with van der Waals surface area (Å²) in [6.07, 6.45) is 3.69. The molecule has 2 unspecified atom stereocenters. The predicted molar refractivity (Wildman–Crippen MR) is 58.9 cm³/mol. The van der Waals surface area contributed by atoms with E-state index in [1.165, 1.54) is 0 Å². The van der Waals surface area contributed by atoms with Crippen LogP contribution in [0.25, 0.3) is 0 Å². The van der Waals surface area contributed by atoms with Gasteiger partial charge in [0.15, 0.2) is 0 Å². The summed E-state index contributed by atoms with van der Waals surface area (Å²) in [6, 6.07) is -0.0870. The van der Waals surface area contributed by atoms with Gasteiger partial charge >= 0.3 is 0 Å². The summed E-state index contributed by atoms with van der Waals surface area (Å²) in [5.41, 5.74) is 5.60. The van der Waals surface area contributed by atoms with Gasteiger partial charge in [-0.1, -0.05) is 13.8 Å². The fourth-order valence-corrected chi connectivity index (χ4v) is 1.68. The minimum atomic E-state index is -0.351. The monoisotopic (exact) mass is 204 g/mol. The number of rotatable bonds is 6. The average Bonchev–Trinajstić information content (AvgIpc) is 2.15. The highest BCUT2D eigenvalue weighted by molar-refractivity contribution is 7.98. The van der Waals surface area contributed by atoms with Crippen molar-refractivity contribution in [2.75, 3.05) is 12.0 Å². The van der Waals surface area contributed by atoms with Gasteiger partial charge in [0, 0.05) is 11.8 Å². The van der Waals surface area contributed by atoms with Crippen molar-refractivity contribution in [1.29, 1.82) is 0 Å². The molecule has 1 amide bonds. The van der Waals surface area contributed by atoms with Gasteiger partial charge in [-0.15, -0.1) is 0 Å². The SMILES string of the molecule is CCC(CSC)NC(=O)C(N)CC. The topological polar surface area (TPSA) is 55.1 Å². The molecule has 0 aromatic carbocycles. The molecule has 0 aliphatic rings. The van der Waals surface area contributed by atoms with Crippen LogP contribution in [0, 0.1) is 0 Å². The van der Waals surface area contributed by atoms with Crippen LogP contribution in [0.4, 0.5) is 0 Å². The van der Waals surface area contributed by atoms with Gasteiger partial charge in [-0.05, 0) is 19.1 Å². The smallest absolute Gasteiger partial charge is 0.237 e. The Morgan fingerprint density at radius 3 is 2.46 bits per heavy atom. The van der Waals surface area contributed by atoms with Crippen LogP contribution in [-0.4, -0.2) is 30.0 Å². The molecule has 0 aliphatic carbocycles. The molecule has 0 fully saturated rings. The number of carbonyl (C=O) groups excluding carboxylic acids is 1. The second kappa shape index (κ2) is 7.21. The molecule has 78 valence electrons. The Bertz CT molecular complexity index is 153. The highest BCUT2D eigenvalue weighted by Gasteiger charge is 2.14. The Kier molecular flexibility index (Phi) is 7.09. The van der Waals surface area contributed by atoms with E-state index in [9.17, 15) is 4.79 Å². The third-order valence-electron chi connectivity index (χ3n) is 1.98. The number of carbonyl (C=O) groups is 1. The van der Waals surface area contributed by atoms with Crippen LogP contribution in [0.15, 0.2) is 0 Å². The molecule has 0 radical (unpaired) electrons. The minimum Gasteiger partial charge on any atom is -0.351 e. The van der Waals surface area contributed by atoms with Gasteiger partial charge in [-0.25, -0.2) is 0 Å². The summed E-state index contributed by atoms with van der Waals surface area (Å²) in [6.45, 7) is 3.98. The normalized spacial score (nSPS) is 15.1. The summed E-state index contributed by atoms with van der Waals surface area (Å²) < 4.78 is 0. The number of nitrogens with one attached hydrogen (secondary N) is 1. The van der Waals surface area contributed by atoms with E-state index in [0.717, 1.165) is 12.2 Å². The molecule has 0 aromatic rings. The Hall–Kier alpha value is -0.220. The third-order valence-corrected chi connectivity index (χ3v) is 2.72.